The van der Waals surface area contributed by atoms with Gasteiger partial charge in [-0.25, -0.2) is 0 Å². The van der Waals surface area contributed by atoms with E-state index in [9.17, 15) is 9.59 Å². The van der Waals surface area contributed by atoms with Gasteiger partial charge < -0.3 is 10.2 Å². The van der Waals surface area contributed by atoms with Crippen LogP contribution in [-0.4, -0.2) is 43.3 Å². The summed E-state index contributed by atoms with van der Waals surface area (Å²) in [5, 5.41) is 10.7. The van der Waals surface area contributed by atoms with Gasteiger partial charge in [0.25, 0.3) is 0 Å². The monoisotopic (exact) mass is 277 g/mol. The van der Waals surface area contributed by atoms with E-state index < -0.39 is 11.6 Å². The van der Waals surface area contributed by atoms with Crippen molar-refractivity contribution >= 4 is 11.8 Å². The van der Waals surface area contributed by atoms with Crippen LogP contribution in [0.25, 0.3) is 0 Å². The molecular formula is C13H19N5O2. The number of piperazine rings is 1. The molecule has 108 valence electrons. The maximum absolute atomic E-state index is 12.5. The molecule has 2 fully saturated rings. The lowest BCUT2D eigenvalue weighted by atomic mass is 9.88. The van der Waals surface area contributed by atoms with Gasteiger partial charge in [-0.05, 0) is 32.6 Å². The minimum Gasteiger partial charge on any atom is -0.343 e. The van der Waals surface area contributed by atoms with Gasteiger partial charge in [0.2, 0.25) is 11.8 Å². The second-order valence-electron chi connectivity index (χ2n) is 5.92. The summed E-state index contributed by atoms with van der Waals surface area (Å²) in [7, 11) is 1.78. The number of nitrogens with one attached hydrogen (secondary N) is 1. The Balaban J connectivity index is 1.93. The number of nitrogens with zero attached hydrogens (tertiary/aromatic N) is 4. The fraction of sp³-hybridized carbons (Fsp3) is 0.692. The number of carbonyl (C=O) groups is 2. The quantitative estimate of drug-likeness (QED) is 0.832. The van der Waals surface area contributed by atoms with Gasteiger partial charge in [-0.3, -0.25) is 14.3 Å². The molecule has 2 amide bonds. The van der Waals surface area contributed by atoms with Crippen molar-refractivity contribution in [3.05, 3.63) is 11.9 Å². The Morgan fingerprint density at radius 2 is 2.15 bits per heavy atom. The van der Waals surface area contributed by atoms with Gasteiger partial charge in [0.15, 0.2) is 0 Å². The number of amides is 2. The zero-order valence-electron chi connectivity index (χ0n) is 12.0. The lowest BCUT2D eigenvalue weighted by Crippen LogP contribution is -2.69. The van der Waals surface area contributed by atoms with Gasteiger partial charge in [0.1, 0.15) is 17.3 Å². The average Bonchev–Trinajstić information content (AvgIpc) is 3.17. The van der Waals surface area contributed by atoms with Crippen molar-refractivity contribution in [3.63, 3.8) is 0 Å². The Morgan fingerprint density at radius 3 is 2.70 bits per heavy atom. The van der Waals surface area contributed by atoms with Crippen molar-refractivity contribution in [3.8, 4) is 0 Å². The van der Waals surface area contributed by atoms with E-state index in [1.54, 1.807) is 29.7 Å². The Labute approximate surface area is 117 Å². The van der Waals surface area contributed by atoms with Gasteiger partial charge in [-0.15, -0.1) is 5.10 Å². The van der Waals surface area contributed by atoms with Crippen LogP contribution in [-0.2, 0) is 23.2 Å². The molecule has 2 unspecified atom stereocenters. The Bertz CT molecular complexity index is 565. The maximum atomic E-state index is 12.5. The minimum atomic E-state index is -0.763. The van der Waals surface area contributed by atoms with Gasteiger partial charge >= 0.3 is 0 Å². The highest BCUT2D eigenvalue weighted by Crippen LogP contribution is 2.45. The summed E-state index contributed by atoms with van der Waals surface area (Å²) in [4.78, 5) is 26.6. The lowest BCUT2D eigenvalue weighted by Gasteiger charge is -2.45. The van der Waals surface area contributed by atoms with Crippen LogP contribution in [0.15, 0.2) is 6.20 Å². The number of rotatable bonds is 3. The second-order valence-corrected chi connectivity index (χ2v) is 5.92. The lowest BCUT2D eigenvalue weighted by molar-refractivity contribution is -0.158. The Morgan fingerprint density at radius 1 is 1.45 bits per heavy atom. The van der Waals surface area contributed by atoms with Gasteiger partial charge in [-0.2, -0.15) is 0 Å². The SMILES string of the molecule is CC1NC(=O)C(C)(C2CC2)N(Cc2cn(C)nn2)C1=O. The molecule has 1 saturated carbocycles. The van der Waals surface area contributed by atoms with E-state index in [2.05, 4.69) is 15.6 Å². The van der Waals surface area contributed by atoms with Crippen molar-refractivity contribution in [2.24, 2.45) is 13.0 Å². The first-order valence-corrected chi connectivity index (χ1v) is 6.90. The molecule has 1 saturated heterocycles. The molecule has 2 atom stereocenters. The number of carbonyl (C=O) groups excluding carboxylic acids is 2. The topological polar surface area (TPSA) is 80.1 Å². The summed E-state index contributed by atoms with van der Waals surface area (Å²) in [5.41, 5.74) is -0.0594. The highest BCUT2D eigenvalue weighted by molar-refractivity contribution is 5.99. The van der Waals surface area contributed by atoms with Crippen LogP contribution in [0.3, 0.4) is 0 Å². The third-order valence-corrected chi connectivity index (χ3v) is 4.35. The van der Waals surface area contributed by atoms with Crippen LogP contribution in [0, 0.1) is 5.92 Å². The summed E-state index contributed by atoms with van der Waals surface area (Å²) >= 11 is 0. The van der Waals surface area contributed by atoms with Crippen LogP contribution in [0.2, 0.25) is 0 Å². The van der Waals surface area contributed by atoms with Crippen molar-refractivity contribution in [1.29, 1.82) is 0 Å². The van der Waals surface area contributed by atoms with Crippen molar-refractivity contribution in [2.45, 2.75) is 44.8 Å². The first-order valence-electron chi connectivity index (χ1n) is 6.90. The van der Waals surface area contributed by atoms with Crippen LogP contribution >= 0.6 is 0 Å². The summed E-state index contributed by atoms with van der Waals surface area (Å²) in [6.45, 7) is 3.91. The van der Waals surface area contributed by atoms with E-state index in [1.165, 1.54) is 0 Å². The predicted molar refractivity (Wildman–Crippen MR) is 70.3 cm³/mol. The van der Waals surface area contributed by atoms with Crippen LogP contribution in [0.1, 0.15) is 32.4 Å². The summed E-state index contributed by atoms with van der Waals surface area (Å²) < 4.78 is 1.60. The first-order chi connectivity index (χ1) is 9.42. The molecule has 1 aliphatic carbocycles. The van der Waals surface area contributed by atoms with Crippen LogP contribution in [0.4, 0.5) is 0 Å². The molecule has 7 nitrogen and oxygen atoms in total. The van der Waals surface area contributed by atoms with Gasteiger partial charge in [0, 0.05) is 13.2 Å². The fourth-order valence-corrected chi connectivity index (χ4v) is 2.91. The Kier molecular flexibility index (Phi) is 2.81. The summed E-state index contributed by atoms with van der Waals surface area (Å²) in [6.07, 6.45) is 3.75. The molecule has 1 aromatic heterocycles. The Hall–Kier alpha value is -1.92. The normalized spacial score (nSPS) is 30.6. The van der Waals surface area contributed by atoms with Crippen LogP contribution < -0.4 is 5.32 Å². The van der Waals surface area contributed by atoms with E-state index in [4.69, 9.17) is 0 Å². The molecular weight excluding hydrogens is 258 g/mol. The third-order valence-electron chi connectivity index (χ3n) is 4.35. The third kappa shape index (κ3) is 1.88. The predicted octanol–water partition coefficient (Wildman–Crippen LogP) is -0.169. The highest BCUT2D eigenvalue weighted by Gasteiger charge is 2.56. The van der Waals surface area contributed by atoms with Crippen molar-refractivity contribution < 1.29 is 9.59 Å². The van der Waals surface area contributed by atoms with Crippen LogP contribution in [0.5, 0.6) is 0 Å². The summed E-state index contributed by atoms with van der Waals surface area (Å²) in [5.74, 6) is 0.135. The number of hydrogen-bond acceptors (Lipinski definition) is 4. The van der Waals surface area contributed by atoms with E-state index in [1.807, 2.05) is 6.92 Å². The molecule has 2 aliphatic rings. The molecule has 1 aliphatic heterocycles. The van der Waals surface area contributed by atoms with Gasteiger partial charge in [-0.1, -0.05) is 5.21 Å². The zero-order valence-corrected chi connectivity index (χ0v) is 12.0. The maximum Gasteiger partial charge on any atom is 0.246 e. The van der Waals surface area contributed by atoms with Crippen molar-refractivity contribution in [2.75, 3.05) is 0 Å². The molecule has 3 rings (SSSR count). The van der Waals surface area contributed by atoms with E-state index in [-0.39, 0.29) is 17.7 Å². The second kappa shape index (κ2) is 4.29. The molecule has 0 bridgehead atoms. The fourth-order valence-electron chi connectivity index (χ4n) is 2.91. The molecule has 0 spiro atoms. The molecule has 0 aromatic carbocycles. The number of aromatic nitrogens is 3. The number of hydrogen-bond donors (Lipinski definition) is 1. The molecule has 0 radical (unpaired) electrons. The average molecular weight is 277 g/mol. The molecule has 7 heteroatoms. The minimum absolute atomic E-state index is 0.0512. The van der Waals surface area contributed by atoms with Gasteiger partial charge in [0.05, 0.1) is 6.54 Å². The van der Waals surface area contributed by atoms with E-state index in [0.717, 1.165) is 12.8 Å². The molecule has 2 heterocycles. The zero-order chi connectivity index (χ0) is 14.5. The molecule has 20 heavy (non-hydrogen) atoms. The smallest absolute Gasteiger partial charge is 0.246 e. The molecule has 1 aromatic rings. The largest absolute Gasteiger partial charge is 0.343 e. The van der Waals surface area contributed by atoms with E-state index in [0.29, 0.717) is 12.2 Å². The van der Waals surface area contributed by atoms with E-state index >= 15 is 0 Å². The highest BCUT2D eigenvalue weighted by atomic mass is 16.2. The number of aryl methyl sites for hydroxylation is 1. The van der Waals surface area contributed by atoms with Crippen molar-refractivity contribution in [1.82, 2.24) is 25.2 Å². The summed E-state index contributed by atoms with van der Waals surface area (Å²) in [6, 6.07) is -0.481. The standard InChI is InChI=1S/C13H19N5O2/c1-8-11(19)18(7-10-6-17(3)16-15-10)13(2,9-4-5-9)12(20)14-8/h6,8-9H,4-5,7H2,1-3H3,(H,14,20). The molecule has 1 N–H and O–H groups in total. The first kappa shape index (κ1) is 13.1.